The van der Waals surface area contributed by atoms with Gasteiger partial charge >= 0.3 is 0 Å². The molecule has 1 atom stereocenters. The summed E-state index contributed by atoms with van der Waals surface area (Å²) in [4.78, 5) is 12.6. The first-order chi connectivity index (χ1) is 11.6. The lowest BCUT2D eigenvalue weighted by molar-refractivity contribution is -0.118. The number of benzene rings is 1. The molecule has 0 aliphatic carbocycles. The number of aromatic hydroxyl groups is 1. The Morgan fingerprint density at radius 1 is 1.44 bits per heavy atom. The van der Waals surface area contributed by atoms with Crippen molar-refractivity contribution in [1.82, 2.24) is 10.2 Å². The number of phenols is 1. The number of sulfonamides is 1. The Morgan fingerprint density at radius 3 is 2.60 bits per heavy atom. The van der Waals surface area contributed by atoms with Crippen molar-refractivity contribution in [1.29, 1.82) is 0 Å². The van der Waals surface area contributed by atoms with E-state index in [1.54, 1.807) is 20.2 Å². The van der Waals surface area contributed by atoms with E-state index in [0.717, 1.165) is 18.3 Å². The molecule has 25 heavy (non-hydrogen) atoms. The molecule has 0 fully saturated rings. The molecule has 7 nitrogen and oxygen atoms in total. The molecule has 0 heterocycles. The predicted octanol–water partition coefficient (Wildman–Crippen LogP) is 2.04. The van der Waals surface area contributed by atoms with Crippen LogP contribution < -0.4 is 5.32 Å². The number of amides is 1. The molecule has 9 heteroatoms. The van der Waals surface area contributed by atoms with Gasteiger partial charge in [-0.25, -0.2) is 0 Å². The molecule has 0 saturated carbocycles. The Labute approximate surface area is 153 Å². The zero-order valence-electron chi connectivity index (χ0n) is 14.8. The van der Waals surface area contributed by atoms with Crippen molar-refractivity contribution in [3.8, 4) is 5.75 Å². The highest BCUT2D eigenvalue weighted by atomic mass is 35.5. The van der Waals surface area contributed by atoms with Crippen LogP contribution in [0.5, 0.6) is 5.75 Å². The molecule has 0 aliphatic heterocycles. The van der Waals surface area contributed by atoms with E-state index in [-0.39, 0.29) is 23.2 Å². The van der Waals surface area contributed by atoms with Gasteiger partial charge in [-0.2, -0.15) is 8.42 Å². The summed E-state index contributed by atoms with van der Waals surface area (Å²) in [5.41, 5.74) is 1.05. The Balaban J connectivity index is 3.42. The van der Waals surface area contributed by atoms with Crippen LogP contribution >= 0.6 is 11.6 Å². The third-order valence-corrected chi connectivity index (χ3v) is 5.13. The fourth-order valence-electron chi connectivity index (χ4n) is 1.99. The minimum absolute atomic E-state index is 0.0262. The monoisotopic (exact) mass is 389 g/mol. The number of carbonyl (C=O) groups is 1. The van der Waals surface area contributed by atoms with Crippen molar-refractivity contribution in [3.05, 3.63) is 23.3 Å². The SMILES string of the molecule is CCC(C)c1cc(CNC(=O)CCl)c(O)c(S(=O)(=O)/N=C/N(C)C)c1. The summed E-state index contributed by atoms with van der Waals surface area (Å²) in [6.07, 6.45) is 1.94. The summed E-state index contributed by atoms with van der Waals surface area (Å²) >= 11 is 5.44. The summed E-state index contributed by atoms with van der Waals surface area (Å²) in [7, 11) is -0.797. The zero-order valence-corrected chi connectivity index (χ0v) is 16.4. The lowest BCUT2D eigenvalue weighted by Gasteiger charge is -2.16. The largest absolute Gasteiger partial charge is 0.506 e. The first-order valence-electron chi connectivity index (χ1n) is 7.77. The van der Waals surface area contributed by atoms with Crippen molar-refractivity contribution in [3.63, 3.8) is 0 Å². The first-order valence-corrected chi connectivity index (χ1v) is 9.75. The summed E-state index contributed by atoms with van der Waals surface area (Å²) < 4.78 is 28.5. The van der Waals surface area contributed by atoms with Gasteiger partial charge < -0.3 is 15.3 Å². The molecule has 0 spiro atoms. The second kappa shape index (κ2) is 9.05. The molecule has 140 valence electrons. The minimum atomic E-state index is -4.08. The van der Waals surface area contributed by atoms with E-state index in [0.29, 0.717) is 5.56 Å². The van der Waals surface area contributed by atoms with Gasteiger partial charge in [0.15, 0.2) is 0 Å². The van der Waals surface area contributed by atoms with Crippen LogP contribution in [0.2, 0.25) is 0 Å². The van der Waals surface area contributed by atoms with Crippen LogP contribution in [0.25, 0.3) is 0 Å². The smallest absolute Gasteiger partial charge is 0.287 e. The number of alkyl halides is 1. The van der Waals surface area contributed by atoms with Crippen LogP contribution in [0, 0.1) is 0 Å². The van der Waals surface area contributed by atoms with Crippen molar-refractivity contribution in [2.75, 3.05) is 20.0 Å². The van der Waals surface area contributed by atoms with E-state index in [4.69, 9.17) is 11.6 Å². The highest BCUT2D eigenvalue weighted by Crippen LogP contribution is 2.33. The quantitative estimate of drug-likeness (QED) is 0.402. The van der Waals surface area contributed by atoms with Crippen molar-refractivity contribution in [2.24, 2.45) is 4.40 Å². The van der Waals surface area contributed by atoms with Gasteiger partial charge in [-0.15, -0.1) is 16.0 Å². The Morgan fingerprint density at radius 2 is 2.08 bits per heavy atom. The third kappa shape index (κ3) is 5.89. The maximum atomic E-state index is 12.5. The van der Waals surface area contributed by atoms with Crippen molar-refractivity contribution in [2.45, 2.75) is 37.6 Å². The molecule has 1 unspecified atom stereocenters. The third-order valence-electron chi connectivity index (χ3n) is 3.65. The van der Waals surface area contributed by atoms with Crippen LogP contribution in [0.15, 0.2) is 21.4 Å². The standard InChI is InChI=1S/C16H24ClN3O4S/c1-5-11(2)12-6-13(9-18-15(21)8-17)16(22)14(7-12)25(23,24)19-10-20(3)4/h6-7,10-11,22H,5,8-9H2,1-4H3,(H,18,21)/b19-10+. The van der Waals surface area contributed by atoms with E-state index in [9.17, 15) is 18.3 Å². The second-order valence-electron chi connectivity index (χ2n) is 5.91. The maximum Gasteiger partial charge on any atom is 0.287 e. The summed E-state index contributed by atoms with van der Waals surface area (Å²) in [5.74, 6) is -0.970. The maximum absolute atomic E-state index is 12.5. The van der Waals surface area contributed by atoms with Crippen LogP contribution in [0.3, 0.4) is 0 Å². The van der Waals surface area contributed by atoms with E-state index >= 15 is 0 Å². The van der Waals surface area contributed by atoms with Gasteiger partial charge in [0.2, 0.25) is 5.91 Å². The van der Waals surface area contributed by atoms with Crippen molar-refractivity contribution < 1.29 is 18.3 Å². The minimum Gasteiger partial charge on any atom is -0.506 e. The second-order valence-corrected chi connectivity index (χ2v) is 7.77. The number of phenolic OH excluding ortho intramolecular Hbond substituents is 1. The van der Waals surface area contributed by atoms with Gasteiger partial charge in [0.25, 0.3) is 10.0 Å². The van der Waals surface area contributed by atoms with Crippen LogP contribution in [0.4, 0.5) is 0 Å². The van der Waals surface area contributed by atoms with E-state index in [1.807, 2.05) is 13.8 Å². The number of nitrogens with zero attached hydrogens (tertiary/aromatic N) is 2. The van der Waals surface area contributed by atoms with Crippen LogP contribution in [0.1, 0.15) is 37.3 Å². The van der Waals surface area contributed by atoms with Gasteiger partial charge in [0, 0.05) is 26.2 Å². The predicted molar refractivity (Wildman–Crippen MR) is 98.7 cm³/mol. The first kappa shape index (κ1) is 21.2. The van der Waals surface area contributed by atoms with E-state index in [1.165, 1.54) is 11.0 Å². The van der Waals surface area contributed by atoms with Gasteiger partial charge in [-0.05, 0) is 30.0 Å². The average Bonchev–Trinajstić information content (AvgIpc) is 2.57. The Kier molecular flexibility index (Phi) is 7.69. The number of rotatable bonds is 8. The highest BCUT2D eigenvalue weighted by molar-refractivity contribution is 7.90. The molecule has 2 N–H and O–H groups in total. The van der Waals surface area contributed by atoms with E-state index in [2.05, 4.69) is 9.71 Å². The molecule has 1 aromatic rings. The summed E-state index contributed by atoms with van der Waals surface area (Å²) in [6.45, 7) is 3.90. The highest BCUT2D eigenvalue weighted by Gasteiger charge is 2.23. The average molecular weight is 390 g/mol. The topological polar surface area (TPSA) is 99.1 Å². The molecule has 0 bridgehead atoms. The zero-order chi connectivity index (χ0) is 19.2. The molecule has 1 rings (SSSR count). The lowest BCUT2D eigenvalue weighted by atomic mass is 9.96. The molecular formula is C16H24ClN3O4S. The van der Waals surface area contributed by atoms with Crippen LogP contribution in [-0.2, 0) is 21.4 Å². The fourth-order valence-corrected chi connectivity index (χ4v) is 3.18. The number of hydrogen-bond donors (Lipinski definition) is 2. The van der Waals surface area contributed by atoms with Crippen molar-refractivity contribution >= 4 is 33.9 Å². The summed E-state index contributed by atoms with van der Waals surface area (Å²) in [6, 6.07) is 3.12. The molecule has 0 aliphatic rings. The van der Waals surface area contributed by atoms with Gasteiger partial charge in [-0.1, -0.05) is 13.8 Å². The molecule has 0 saturated heterocycles. The number of carbonyl (C=O) groups excluding carboxylic acids is 1. The number of nitrogens with one attached hydrogen (secondary N) is 1. The van der Waals surface area contributed by atoms with Gasteiger partial charge in [0.05, 0.1) is 0 Å². The molecular weight excluding hydrogens is 366 g/mol. The Hall–Kier alpha value is -1.80. The van der Waals surface area contributed by atoms with E-state index < -0.39 is 21.7 Å². The Bertz CT molecular complexity index is 748. The molecule has 0 aromatic heterocycles. The van der Waals surface area contributed by atoms with Crippen LogP contribution in [-0.4, -0.2) is 50.6 Å². The van der Waals surface area contributed by atoms with Gasteiger partial charge in [-0.3, -0.25) is 4.79 Å². The molecule has 1 amide bonds. The van der Waals surface area contributed by atoms with Gasteiger partial charge in [0.1, 0.15) is 22.9 Å². The molecule has 1 aromatic carbocycles. The normalized spacial score (nSPS) is 13.0. The number of hydrogen-bond acceptors (Lipinski definition) is 4. The fraction of sp³-hybridized carbons (Fsp3) is 0.500. The molecule has 0 radical (unpaired) electrons. The number of halogens is 1. The summed E-state index contributed by atoms with van der Waals surface area (Å²) in [5, 5.41) is 12.9. The lowest BCUT2D eigenvalue weighted by Crippen LogP contribution is -2.24.